The number of carbonyl (C=O) groups is 7. The number of primary amides is 1. The van der Waals surface area contributed by atoms with Crippen LogP contribution in [0.2, 0.25) is 0 Å². The van der Waals surface area contributed by atoms with Crippen LogP contribution in [0, 0.1) is 11.8 Å². The summed E-state index contributed by atoms with van der Waals surface area (Å²) < 4.78 is 0. The molecule has 0 radical (unpaired) electrons. The lowest BCUT2D eigenvalue weighted by Crippen LogP contribution is -2.56. The number of likely N-dealkylation sites (tertiary alicyclic amines) is 1. The predicted molar refractivity (Wildman–Crippen MR) is 242 cm³/mol. The van der Waals surface area contributed by atoms with E-state index in [4.69, 9.17) is 5.73 Å². The fourth-order valence-electron chi connectivity index (χ4n) is 8.56. The molecule has 3 heterocycles. The summed E-state index contributed by atoms with van der Waals surface area (Å²) in [4.78, 5) is 97.6. The molecule has 3 aliphatic rings. The maximum atomic E-state index is 13.9. The molecule has 0 bridgehead atoms. The molecular weight excluding hydrogens is 805 g/mol. The molecule has 0 aliphatic carbocycles. The fraction of sp³-hybridized carbons (Fsp3) is 0.587. The van der Waals surface area contributed by atoms with Crippen molar-refractivity contribution in [1.82, 2.24) is 36.0 Å². The van der Waals surface area contributed by atoms with Gasteiger partial charge in [-0.3, -0.25) is 48.3 Å². The molecule has 17 heteroatoms. The minimum absolute atomic E-state index is 0.00488. The number of rotatable bonds is 21. The van der Waals surface area contributed by atoms with Crippen LogP contribution in [0.4, 0.5) is 17.1 Å². The summed E-state index contributed by atoms with van der Waals surface area (Å²) in [7, 11) is 0. The molecule has 2 fully saturated rings. The van der Waals surface area contributed by atoms with Crippen LogP contribution in [0.1, 0.15) is 89.4 Å². The summed E-state index contributed by atoms with van der Waals surface area (Å²) in [6.07, 6.45) is 5.94. The zero-order valence-electron chi connectivity index (χ0n) is 37.5. The zero-order chi connectivity index (χ0) is 45.5. The Balaban J connectivity index is 0.954. The van der Waals surface area contributed by atoms with Crippen LogP contribution < -0.4 is 37.2 Å². The normalized spacial score (nSPS) is 17.6. The van der Waals surface area contributed by atoms with Gasteiger partial charge in [-0.2, -0.15) is 0 Å². The van der Waals surface area contributed by atoms with E-state index in [0.717, 1.165) is 65.1 Å². The number of nitrogens with one attached hydrogen (secondary N) is 5. The monoisotopic (exact) mass is 873 g/mol. The molecule has 0 spiro atoms. The fourth-order valence-corrected chi connectivity index (χ4v) is 8.56. The third-order valence-electron chi connectivity index (χ3n) is 12.1. The van der Waals surface area contributed by atoms with Crippen LogP contribution in [0.25, 0.3) is 0 Å². The van der Waals surface area contributed by atoms with E-state index in [9.17, 15) is 33.6 Å². The van der Waals surface area contributed by atoms with E-state index in [2.05, 4.69) is 41.3 Å². The first-order chi connectivity index (χ1) is 30.2. The number of nitrogens with two attached hydrogens (primary N) is 1. The maximum Gasteiger partial charge on any atom is 0.257 e. The molecule has 3 atom stereocenters. The van der Waals surface area contributed by atoms with Gasteiger partial charge in [0.1, 0.15) is 18.1 Å². The highest BCUT2D eigenvalue weighted by molar-refractivity contribution is 6.18. The standard InChI is InChI=1S/C46H68N10O7/c1-31(2)29-38(52-43(60)32(3)49-46(63)37(50-33(4)57)16-17-41(47)58)45(62)48-20-24-54-27-25-53(26-28-54)21-10-9-11-34-18-22-55(23-19-34)30-42(59)56-39-14-7-5-12-35(39)44(61)51-36-13-6-8-15-40(36)56/h5-8,12-15,31-32,34,37-38H,9-11,16-30H2,1-4H3,(H2,47,58)(H,48,62)(H,49,63)(H,50,57)(H,51,61)(H,52,60)/t32-,37-,38-/m0/s1. The summed E-state index contributed by atoms with van der Waals surface area (Å²) in [6.45, 7) is 14.7. The molecule has 2 aromatic rings. The van der Waals surface area contributed by atoms with Crippen molar-refractivity contribution in [3.05, 3.63) is 54.1 Å². The van der Waals surface area contributed by atoms with Gasteiger partial charge in [-0.05, 0) is 94.8 Å². The maximum absolute atomic E-state index is 13.9. The molecule has 0 unspecified atom stereocenters. The average molecular weight is 873 g/mol. The van der Waals surface area contributed by atoms with Crippen LogP contribution in [-0.2, 0) is 28.8 Å². The van der Waals surface area contributed by atoms with Crippen molar-refractivity contribution in [2.75, 3.05) is 75.7 Å². The van der Waals surface area contributed by atoms with Gasteiger partial charge in [-0.1, -0.05) is 51.0 Å². The minimum atomic E-state index is -1.03. The Morgan fingerprint density at radius 1 is 0.746 bits per heavy atom. The van der Waals surface area contributed by atoms with Crippen LogP contribution in [0.3, 0.4) is 0 Å². The Hall–Kier alpha value is -5.39. The molecule has 2 aromatic carbocycles. The number of hydrogen-bond acceptors (Lipinski definition) is 10. The first-order valence-corrected chi connectivity index (χ1v) is 22.6. The number of unbranched alkanes of at least 4 members (excludes halogenated alkanes) is 1. The smallest absolute Gasteiger partial charge is 0.257 e. The van der Waals surface area contributed by atoms with E-state index < -0.39 is 41.8 Å². The van der Waals surface area contributed by atoms with Crippen molar-refractivity contribution >= 4 is 58.4 Å². The Kier molecular flexibility index (Phi) is 18.4. The lowest BCUT2D eigenvalue weighted by molar-refractivity contribution is -0.133. The summed E-state index contributed by atoms with van der Waals surface area (Å²) in [5, 5.41) is 13.8. The molecule has 5 rings (SSSR count). The van der Waals surface area contributed by atoms with Crippen LogP contribution in [0.15, 0.2) is 48.5 Å². The predicted octanol–water partition coefficient (Wildman–Crippen LogP) is 2.34. The minimum Gasteiger partial charge on any atom is -0.370 e. The van der Waals surface area contributed by atoms with Crippen molar-refractivity contribution < 1.29 is 33.6 Å². The molecule has 2 saturated heterocycles. The van der Waals surface area contributed by atoms with Gasteiger partial charge in [0.15, 0.2) is 0 Å². The molecule has 0 aromatic heterocycles. The van der Waals surface area contributed by atoms with E-state index in [1.165, 1.54) is 26.7 Å². The SMILES string of the molecule is CC(=O)N[C@@H](CCC(N)=O)C(=O)N[C@@H](C)C(=O)N[C@@H](CC(C)C)C(=O)NCCN1CCN(CCCCC2CCN(CC(=O)N3c4ccccc4NC(=O)c4ccccc43)CC2)CC1. The van der Waals surface area contributed by atoms with Gasteiger partial charge in [0.05, 0.1) is 29.2 Å². The van der Waals surface area contributed by atoms with Gasteiger partial charge < -0.3 is 37.2 Å². The van der Waals surface area contributed by atoms with Crippen LogP contribution in [0.5, 0.6) is 0 Å². The number of piperidine rings is 1. The van der Waals surface area contributed by atoms with E-state index in [1.54, 1.807) is 11.0 Å². The molecule has 7 N–H and O–H groups in total. The topological polar surface area (TPSA) is 219 Å². The molecule has 0 saturated carbocycles. The summed E-state index contributed by atoms with van der Waals surface area (Å²) in [6, 6.07) is 11.9. The van der Waals surface area contributed by atoms with Gasteiger partial charge in [-0.15, -0.1) is 0 Å². The van der Waals surface area contributed by atoms with E-state index in [1.807, 2.05) is 56.3 Å². The average Bonchev–Trinajstić information content (AvgIpc) is 3.37. The summed E-state index contributed by atoms with van der Waals surface area (Å²) in [5.74, 6) is -2.01. The van der Waals surface area contributed by atoms with Gasteiger partial charge >= 0.3 is 0 Å². The highest BCUT2D eigenvalue weighted by atomic mass is 16.2. The van der Waals surface area contributed by atoms with Crippen molar-refractivity contribution in [3.63, 3.8) is 0 Å². The van der Waals surface area contributed by atoms with Gasteiger partial charge in [-0.25, -0.2) is 0 Å². The van der Waals surface area contributed by atoms with Crippen molar-refractivity contribution in [2.24, 2.45) is 17.6 Å². The quantitative estimate of drug-likeness (QED) is 0.101. The van der Waals surface area contributed by atoms with Crippen molar-refractivity contribution in [1.29, 1.82) is 0 Å². The highest BCUT2D eigenvalue weighted by Gasteiger charge is 2.32. The first kappa shape index (κ1) is 48.6. The van der Waals surface area contributed by atoms with Crippen LogP contribution >= 0.6 is 0 Å². The first-order valence-electron chi connectivity index (χ1n) is 22.6. The van der Waals surface area contributed by atoms with Gasteiger partial charge in [0.25, 0.3) is 5.91 Å². The second-order valence-corrected chi connectivity index (χ2v) is 17.6. The number of piperazine rings is 1. The second-order valence-electron chi connectivity index (χ2n) is 17.6. The number of hydrogen-bond donors (Lipinski definition) is 6. The number of para-hydroxylation sites is 3. The van der Waals surface area contributed by atoms with Gasteiger partial charge in [0.2, 0.25) is 35.4 Å². The number of fused-ring (bicyclic) bond motifs is 2. The Morgan fingerprint density at radius 2 is 1.40 bits per heavy atom. The van der Waals surface area contributed by atoms with E-state index in [0.29, 0.717) is 54.6 Å². The third-order valence-corrected chi connectivity index (χ3v) is 12.1. The Bertz CT molecular complexity index is 1910. The second kappa shape index (κ2) is 23.9. The lowest BCUT2D eigenvalue weighted by Gasteiger charge is -2.35. The molecule has 7 amide bonds. The molecule has 63 heavy (non-hydrogen) atoms. The van der Waals surface area contributed by atoms with Crippen molar-refractivity contribution in [2.45, 2.75) is 97.2 Å². The highest BCUT2D eigenvalue weighted by Crippen LogP contribution is 2.38. The van der Waals surface area contributed by atoms with E-state index >= 15 is 0 Å². The van der Waals surface area contributed by atoms with E-state index in [-0.39, 0.29) is 36.5 Å². The Morgan fingerprint density at radius 3 is 2.06 bits per heavy atom. The van der Waals surface area contributed by atoms with Crippen molar-refractivity contribution in [3.8, 4) is 0 Å². The molecule has 344 valence electrons. The number of nitrogens with zero attached hydrogens (tertiary/aromatic N) is 4. The number of anilines is 3. The molecule has 17 nitrogen and oxygen atoms in total. The molecular formula is C46H68N10O7. The lowest BCUT2D eigenvalue weighted by atomic mass is 9.91. The number of benzene rings is 2. The summed E-state index contributed by atoms with van der Waals surface area (Å²) >= 11 is 0. The zero-order valence-corrected chi connectivity index (χ0v) is 37.5. The summed E-state index contributed by atoms with van der Waals surface area (Å²) in [5.41, 5.74) is 7.61. The van der Waals surface area contributed by atoms with Gasteiger partial charge in [0, 0.05) is 52.6 Å². The number of carbonyl (C=O) groups excluding carboxylic acids is 7. The molecule has 3 aliphatic heterocycles. The Labute approximate surface area is 371 Å². The largest absolute Gasteiger partial charge is 0.370 e. The third kappa shape index (κ3) is 14.9. The van der Waals surface area contributed by atoms with Crippen LogP contribution in [-0.4, -0.2) is 140 Å². The number of amides is 7.